The Hall–Kier alpha value is -10.9. The van der Waals surface area contributed by atoms with Crippen molar-refractivity contribution in [1.29, 1.82) is 0 Å². The summed E-state index contributed by atoms with van der Waals surface area (Å²) in [6, 6.07) is 105. The van der Waals surface area contributed by atoms with Crippen LogP contribution in [0.25, 0.3) is 99.5 Å². The molecule has 0 saturated carbocycles. The minimum Gasteiger partial charge on any atom is -0.311 e. The highest BCUT2D eigenvalue weighted by Gasteiger charge is 2.46. The Bertz CT molecular complexity index is 5760. The fourth-order valence-electron chi connectivity index (χ4n) is 18.0. The third-order valence-corrected chi connectivity index (χ3v) is 24.2. The lowest BCUT2D eigenvalue weighted by molar-refractivity contribution is 0.578. The predicted octanol–water partition coefficient (Wildman–Crippen LogP) is 27.7. The van der Waals surface area contributed by atoms with Crippen molar-refractivity contribution in [3.8, 4) is 55.9 Å². The molecule has 0 fully saturated rings. The number of anilines is 6. The Morgan fingerprint density at radius 1 is 0.216 bits per heavy atom. The van der Waals surface area contributed by atoms with Crippen molar-refractivity contribution in [2.45, 2.75) is 183 Å². The van der Waals surface area contributed by atoms with E-state index in [1.807, 2.05) is 0 Å². The van der Waals surface area contributed by atoms with Crippen LogP contribution < -0.4 is 26.2 Å². The lowest BCUT2D eigenvalue weighted by atomic mass is 9.33. The molecule has 2 aromatic heterocycles. The monoisotopic (exact) mass is 1450 g/mol. The summed E-state index contributed by atoms with van der Waals surface area (Å²) < 4.78 is 5.04. The first-order chi connectivity index (χ1) is 52.5. The number of benzene rings is 13. The van der Waals surface area contributed by atoms with Gasteiger partial charge in [0, 0.05) is 66.8 Å². The van der Waals surface area contributed by atoms with Crippen LogP contribution in [0.1, 0.15) is 184 Å². The highest BCUT2D eigenvalue weighted by Crippen LogP contribution is 2.54. The molecule has 13 aromatic carbocycles. The van der Waals surface area contributed by atoms with Gasteiger partial charge in [-0.15, -0.1) is 0 Å². The number of para-hydroxylation sites is 4. The molecule has 5 heteroatoms. The summed E-state index contributed by atoms with van der Waals surface area (Å²) in [6.45, 7) is 49.3. The lowest BCUT2D eigenvalue weighted by Crippen LogP contribution is -2.61. The Morgan fingerprint density at radius 3 is 0.838 bits per heavy atom. The second-order valence-corrected chi connectivity index (χ2v) is 39.1. The van der Waals surface area contributed by atoms with Gasteiger partial charge in [0.1, 0.15) is 0 Å². The number of aromatic nitrogens is 2. The molecular weight excluding hydrogens is 1340 g/mol. The zero-order chi connectivity index (χ0) is 78.1. The summed E-state index contributed by atoms with van der Waals surface area (Å²) in [5.41, 5.74) is 35.3. The van der Waals surface area contributed by atoms with Crippen molar-refractivity contribution >= 4 is 101 Å². The van der Waals surface area contributed by atoms with Crippen molar-refractivity contribution in [2.24, 2.45) is 0 Å². The summed E-state index contributed by atoms with van der Waals surface area (Å²) in [4.78, 5) is 5.48. The molecule has 17 rings (SSSR count). The van der Waals surface area contributed by atoms with Gasteiger partial charge in [-0.2, -0.15) is 0 Å². The molecule has 554 valence electrons. The van der Waals surface area contributed by atoms with E-state index < -0.39 is 0 Å². The van der Waals surface area contributed by atoms with E-state index in [0.717, 1.165) is 45.3 Å². The van der Waals surface area contributed by atoms with E-state index in [4.69, 9.17) is 0 Å². The first-order valence-corrected chi connectivity index (χ1v) is 40.3. The van der Waals surface area contributed by atoms with E-state index in [-0.39, 0.29) is 44.6 Å². The average Bonchev–Trinajstić information content (AvgIpc) is 1.30. The molecule has 0 spiro atoms. The summed E-state index contributed by atoms with van der Waals surface area (Å²) in [5, 5.41) is 4.94. The van der Waals surface area contributed by atoms with Gasteiger partial charge < -0.3 is 18.9 Å². The number of rotatable bonds is 8. The van der Waals surface area contributed by atoms with Gasteiger partial charge in [0.2, 0.25) is 0 Å². The van der Waals surface area contributed by atoms with E-state index in [0.29, 0.717) is 0 Å². The van der Waals surface area contributed by atoms with Gasteiger partial charge in [-0.1, -0.05) is 340 Å². The van der Waals surface area contributed by atoms with Crippen molar-refractivity contribution in [3.63, 3.8) is 0 Å². The molecule has 0 atom stereocenters. The topological polar surface area (TPSA) is 16.3 Å². The van der Waals surface area contributed by atoms with Crippen LogP contribution in [0.4, 0.5) is 34.1 Å². The van der Waals surface area contributed by atoms with Crippen molar-refractivity contribution in [1.82, 2.24) is 9.13 Å². The van der Waals surface area contributed by atoms with Crippen LogP contribution in [-0.2, 0) is 37.9 Å². The lowest BCUT2D eigenvalue weighted by Gasteiger charge is -2.46. The summed E-state index contributed by atoms with van der Waals surface area (Å²) >= 11 is 0. The van der Waals surface area contributed by atoms with Crippen LogP contribution in [0, 0.1) is 0 Å². The van der Waals surface area contributed by atoms with Crippen molar-refractivity contribution in [3.05, 3.63) is 306 Å². The van der Waals surface area contributed by atoms with E-state index in [1.165, 1.54) is 144 Å². The molecule has 2 aliphatic heterocycles. The van der Waals surface area contributed by atoms with Crippen LogP contribution in [0.5, 0.6) is 0 Å². The standard InChI is InChI=1S/C106H107BN4/c1-100(2,3)70-44-38-66(39-45-70)77-52-42-68(83-60-72(102(7,8)9)48-54-85(83)105(16,17)18)58-93(77)110-95-64-75(108-89-34-26-22-30-79(89)80-31-23-27-35-90(80)108)50-56-87(95)107-88-57-51-76(109-91-36-28-24-32-81(91)82-33-25-29-37-92(82)109)65-96(88)111(98-63-74(104(13,14)15)62-97(110)99(98)107)94-59-69(43-53-78(94)67-40-46-71(47-41-67)101(4,5)6)84-61-73(103(10,11)12)49-55-86(84)106(19,20)21/h22-65H,1-21H3. The van der Waals surface area contributed by atoms with Gasteiger partial charge >= 0.3 is 0 Å². The average molecular weight is 1450 g/mol. The second kappa shape index (κ2) is 25.9. The quantitative estimate of drug-likeness (QED) is 0.141. The molecule has 4 heterocycles. The number of fused-ring (bicyclic) bond motifs is 10. The number of hydrogen-bond acceptors (Lipinski definition) is 2. The van der Waals surface area contributed by atoms with E-state index in [9.17, 15) is 0 Å². The third kappa shape index (κ3) is 12.5. The first-order valence-electron chi connectivity index (χ1n) is 40.3. The van der Waals surface area contributed by atoms with E-state index >= 15 is 0 Å². The van der Waals surface area contributed by atoms with Crippen LogP contribution in [-0.4, -0.2) is 15.8 Å². The van der Waals surface area contributed by atoms with Crippen LogP contribution in [0.2, 0.25) is 0 Å². The summed E-state index contributed by atoms with van der Waals surface area (Å²) in [6.07, 6.45) is 0. The number of nitrogens with zero attached hydrogens (tertiary/aromatic N) is 4. The molecule has 0 aliphatic carbocycles. The molecule has 0 radical (unpaired) electrons. The maximum Gasteiger partial charge on any atom is 0.252 e. The van der Waals surface area contributed by atoms with Gasteiger partial charge in [-0.3, -0.25) is 0 Å². The number of hydrogen-bond donors (Lipinski definition) is 0. The molecular formula is C106H107BN4. The molecule has 4 nitrogen and oxygen atoms in total. The summed E-state index contributed by atoms with van der Waals surface area (Å²) in [5.74, 6) is 0. The fraction of sp³-hybridized carbons (Fsp3) is 0.264. The molecule has 111 heavy (non-hydrogen) atoms. The Morgan fingerprint density at radius 2 is 0.523 bits per heavy atom. The van der Waals surface area contributed by atoms with Gasteiger partial charge in [0.25, 0.3) is 6.71 Å². The molecule has 15 aromatic rings. The molecule has 0 bridgehead atoms. The summed E-state index contributed by atoms with van der Waals surface area (Å²) in [7, 11) is 0. The Kier molecular flexibility index (Phi) is 17.0. The smallest absolute Gasteiger partial charge is 0.252 e. The van der Waals surface area contributed by atoms with Gasteiger partial charge in [0.15, 0.2) is 0 Å². The van der Waals surface area contributed by atoms with Crippen LogP contribution >= 0.6 is 0 Å². The third-order valence-electron chi connectivity index (χ3n) is 24.2. The zero-order valence-corrected chi connectivity index (χ0v) is 69.3. The van der Waals surface area contributed by atoms with Gasteiger partial charge in [-0.05, 0) is 199 Å². The predicted molar refractivity (Wildman–Crippen MR) is 482 cm³/mol. The Balaban J connectivity index is 1.05. The van der Waals surface area contributed by atoms with E-state index in [2.05, 4.69) is 431 Å². The largest absolute Gasteiger partial charge is 0.311 e. The first kappa shape index (κ1) is 73.0. The highest BCUT2D eigenvalue weighted by atomic mass is 15.2. The molecule has 0 saturated heterocycles. The highest BCUT2D eigenvalue weighted by molar-refractivity contribution is 7.00. The maximum absolute atomic E-state index is 2.74. The molecule has 0 unspecified atom stereocenters. The van der Waals surface area contributed by atoms with Crippen molar-refractivity contribution in [2.75, 3.05) is 9.80 Å². The van der Waals surface area contributed by atoms with Gasteiger partial charge in [0.05, 0.1) is 33.4 Å². The van der Waals surface area contributed by atoms with E-state index in [1.54, 1.807) is 0 Å². The van der Waals surface area contributed by atoms with Gasteiger partial charge in [-0.25, -0.2) is 0 Å². The zero-order valence-electron chi connectivity index (χ0n) is 69.3. The molecule has 0 N–H and O–H groups in total. The fourth-order valence-corrected chi connectivity index (χ4v) is 18.0. The minimum absolute atomic E-state index is 0.0455. The maximum atomic E-state index is 2.74. The van der Waals surface area contributed by atoms with Crippen LogP contribution in [0.3, 0.4) is 0 Å². The van der Waals surface area contributed by atoms with Crippen molar-refractivity contribution < 1.29 is 0 Å². The Labute approximate surface area is 660 Å². The normalized spacial score (nSPS) is 13.6. The SMILES string of the molecule is CC(C)(C)c1ccc(-c2ccc(-c3cc(C(C)(C)C)ccc3C(C)(C)C)cc2N2c3cc(-n4c5ccccc5c5ccccc54)ccc3B3c4ccc(-n5c6ccccc6c6ccccc65)cc4N(c4cc(-c5cc(C(C)(C)C)ccc5C(C)(C)C)ccc4-c4ccc(C(C)(C)C)cc4)c4cc(C(C)(C)C)cc2c43)cc1. The van der Waals surface area contributed by atoms with Crippen LogP contribution in [0.15, 0.2) is 267 Å². The molecule has 2 aliphatic rings. The molecule has 0 amide bonds. The minimum atomic E-state index is -0.334. The second-order valence-electron chi connectivity index (χ2n) is 39.1.